The van der Waals surface area contributed by atoms with Crippen molar-refractivity contribution in [2.75, 3.05) is 5.32 Å². The molecular weight excluding hydrogens is 332 g/mol. The molecule has 2 aromatic carbocycles. The van der Waals surface area contributed by atoms with Gasteiger partial charge in [0, 0.05) is 24.0 Å². The predicted octanol–water partition coefficient (Wildman–Crippen LogP) is 3.55. The number of rotatable bonds is 3. The summed E-state index contributed by atoms with van der Waals surface area (Å²) in [5.74, 6) is -0.135. The molecule has 0 radical (unpaired) electrons. The Kier molecular flexibility index (Phi) is 3.69. The van der Waals surface area contributed by atoms with Crippen LogP contribution >= 0.6 is 0 Å². The zero-order chi connectivity index (χ0) is 18.3. The van der Waals surface area contributed by atoms with Crippen LogP contribution in [0.5, 0.6) is 0 Å². The molecule has 130 valence electrons. The van der Waals surface area contributed by atoms with Crippen molar-refractivity contribution in [1.82, 2.24) is 9.88 Å². The van der Waals surface area contributed by atoms with Crippen LogP contribution < -0.4 is 10.6 Å². The first-order valence-electron chi connectivity index (χ1n) is 8.14. The van der Waals surface area contributed by atoms with Gasteiger partial charge < -0.3 is 15.2 Å². The largest absolute Gasteiger partial charge is 0.359 e. The average molecular weight is 348 g/mol. The van der Waals surface area contributed by atoms with Crippen molar-refractivity contribution in [3.8, 4) is 5.69 Å². The lowest BCUT2D eigenvalue weighted by Gasteiger charge is -2.30. The summed E-state index contributed by atoms with van der Waals surface area (Å²) in [6, 6.07) is 15.7. The van der Waals surface area contributed by atoms with E-state index in [9.17, 15) is 14.9 Å². The van der Waals surface area contributed by atoms with Crippen molar-refractivity contribution < 1.29 is 9.72 Å². The predicted molar refractivity (Wildman–Crippen MR) is 97.4 cm³/mol. The zero-order valence-electron chi connectivity index (χ0n) is 14.0. The highest BCUT2D eigenvalue weighted by Gasteiger charge is 2.27. The van der Waals surface area contributed by atoms with E-state index < -0.39 is 11.1 Å². The fourth-order valence-corrected chi connectivity index (χ4v) is 3.19. The molecule has 0 fully saturated rings. The molecule has 1 aliphatic heterocycles. The number of amides is 1. The molecule has 0 bridgehead atoms. The number of carbonyl (C=O) groups is 1. The van der Waals surface area contributed by atoms with Gasteiger partial charge in [-0.05, 0) is 42.8 Å². The normalized spacial score (nSPS) is 15.7. The minimum absolute atomic E-state index is 0.0381. The molecule has 7 nitrogen and oxygen atoms in total. The topological polar surface area (TPSA) is 89.2 Å². The highest BCUT2D eigenvalue weighted by Crippen LogP contribution is 2.30. The van der Waals surface area contributed by atoms with E-state index in [1.54, 1.807) is 18.2 Å². The van der Waals surface area contributed by atoms with Gasteiger partial charge in [0.25, 0.3) is 11.6 Å². The van der Waals surface area contributed by atoms with Gasteiger partial charge >= 0.3 is 0 Å². The van der Waals surface area contributed by atoms with E-state index in [0.29, 0.717) is 5.56 Å². The SMILES string of the molecule is Cc1cccc2c1N[C@H](c1cccn1-c1ccc([N+](=O)[O-])cc1)NC2=O. The lowest BCUT2D eigenvalue weighted by Crippen LogP contribution is -2.39. The Morgan fingerprint density at radius 3 is 2.54 bits per heavy atom. The third-order valence-corrected chi connectivity index (χ3v) is 4.50. The second-order valence-corrected chi connectivity index (χ2v) is 6.12. The number of anilines is 1. The third-order valence-electron chi connectivity index (χ3n) is 4.50. The fraction of sp³-hybridized carbons (Fsp3) is 0.105. The lowest BCUT2D eigenvalue weighted by molar-refractivity contribution is -0.384. The molecule has 1 aromatic heterocycles. The van der Waals surface area contributed by atoms with Gasteiger partial charge in [-0.15, -0.1) is 0 Å². The van der Waals surface area contributed by atoms with Crippen LogP contribution in [0.1, 0.15) is 27.8 Å². The summed E-state index contributed by atoms with van der Waals surface area (Å²) in [4.78, 5) is 22.9. The zero-order valence-corrected chi connectivity index (χ0v) is 14.0. The van der Waals surface area contributed by atoms with Crippen molar-refractivity contribution in [1.29, 1.82) is 0 Å². The number of nitrogens with one attached hydrogen (secondary N) is 2. The number of fused-ring (bicyclic) bond motifs is 1. The van der Waals surface area contributed by atoms with Crippen LogP contribution in [0.3, 0.4) is 0 Å². The Balaban J connectivity index is 1.70. The highest BCUT2D eigenvalue weighted by molar-refractivity contribution is 6.02. The minimum atomic E-state index is -0.428. The maximum Gasteiger partial charge on any atom is 0.269 e. The first kappa shape index (κ1) is 15.9. The molecule has 4 rings (SSSR count). The Morgan fingerprint density at radius 2 is 1.81 bits per heavy atom. The first-order valence-corrected chi connectivity index (χ1v) is 8.14. The molecular formula is C19H16N4O3. The van der Waals surface area contributed by atoms with Crippen molar-refractivity contribution in [2.45, 2.75) is 13.1 Å². The Bertz CT molecular complexity index is 1010. The number of para-hydroxylation sites is 1. The molecule has 1 aliphatic rings. The van der Waals surface area contributed by atoms with Gasteiger partial charge in [-0.3, -0.25) is 14.9 Å². The monoisotopic (exact) mass is 348 g/mol. The molecule has 2 N–H and O–H groups in total. The lowest BCUT2D eigenvalue weighted by atomic mass is 10.0. The van der Waals surface area contributed by atoms with E-state index in [1.807, 2.05) is 42.0 Å². The second kappa shape index (κ2) is 6.03. The van der Waals surface area contributed by atoms with Gasteiger partial charge in [0.1, 0.15) is 6.17 Å². The summed E-state index contributed by atoms with van der Waals surface area (Å²) in [6.45, 7) is 1.96. The van der Waals surface area contributed by atoms with E-state index in [2.05, 4.69) is 10.6 Å². The summed E-state index contributed by atoms with van der Waals surface area (Å²) < 4.78 is 1.89. The number of hydrogen-bond acceptors (Lipinski definition) is 4. The van der Waals surface area contributed by atoms with Crippen molar-refractivity contribution in [2.24, 2.45) is 0 Å². The number of nitrogens with zero attached hydrogens (tertiary/aromatic N) is 2. The fourth-order valence-electron chi connectivity index (χ4n) is 3.19. The van der Waals surface area contributed by atoms with Gasteiger partial charge in [0.15, 0.2) is 0 Å². The van der Waals surface area contributed by atoms with E-state index in [-0.39, 0.29) is 11.6 Å². The molecule has 7 heteroatoms. The molecule has 0 saturated heterocycles. The summed E-state index contributed by atoms with van der Waals surface area (Å²) in [7, 11) is 0. The first-order chi connectivity index (χ1) is 12.5. The van der Waals surface area contributed by atoms with Gasteiger partial charge in [-0.25, -0.2) is 0 Å². The quantitative estimate of drug-likeness (QED) is 0.559. The molecule has 26 heavy (non-hydrogen) atoms. The number of aromatic nitrogens is 1. The summed E-state index contributed by atoms with van der Waals surface area (Å²) >= 11 is 0. The molecule has 3 aromatic rings. The minimum Gasteiger partial charge on any atom is -0.359 e. The van der Waals surface area contributed by atoms with Crippen LogP contribution in [0.25, 0.3) is 5.69 Å². The van der Waals surface area contributed by atoms with Crippen LogP contribution in [-0.2, 0) is 0 Å². The number of hydrogen-bond donors (Lipinski definition) is 2. The van der Waals surface area contributed by atoms with E-state index >= 15 is 0 Å². The number of nitro benzene ring substituents is 1. The van der Waals surface area contributed by atoms with Crippen LogP contribution in [-0.4, -0.2) is 15.4 Å². The van der Waals surface area contributed by atoms with E-state index in [1.165, 1.54) is 12.1 Å². The van der Waals surface area contributed by atoms with Crippen molar-refractivity contribution >= 4 is 17.3 Å². The van der Waals surface area contributed by atoms with Crippen LogP contribution in [0.4, 0.5) is 11.4 Å². The third kappa shape index (κ3) is 2.59. The van der Waals surface area contributed by atoms with Crippen LogP contribution in [0.2, 0.25) is 0 Å². The number of non-ortho nitro benzene ring substituents is 1. The standard InChI is InChI=1S/C19H16N4O3/c1-12-4-2-5-15-17(12)20-18(21-19(15)24)16-6-3-11-22(16)13-7-9-14(10-8-13)23(25)26/h2-11,18,20H,1H3,(H,21,24)/t18-/m0/s1. The molecule has 1 amide bonds. The molecule has 0 saturated carbocycles. The summed E-state index contributed by atoms with van der Waals surface area (Å²) in [6.07, 6.45) is 1.46. The van der Waals surface area contributed by atoms with Crippen molar-refractivity contribution in [3.63, 3.8) is 0 Å². The maximum absolute atomic E-state index is 12.5. The molecule has 1 atom stereocenters. The number of aryl methyl sites for hydroxylation is 1. The van der Waals surface area contributed by atoms with E-state index in [4.69, 9.17) is 0 Å². The Morgan fingerprint density at radius 1 is 1.04 bits per heavy atom. The number of carbonyl (C=O) groups excluding carboxylic acids is 1. The van der Waals surface area contributed by atoms with E-state index in [0.717, 1.165) is 22.6 Å². The number of nitro groups is 1. The second-order valence-electron chi connectivity index (χ2n) is 6.12. The smallest absolute Gasteiger partial charge is 0.269 e. The van der Waals surface area contributed by atoms with Gasteiger partial charge in [0.2, 0.25) is 0 Å². The Labute approximate surface area is 149 Å². The molecule has 0 spiro atoms. The van der Waals surface area contributed by atoms with Gasteiger partial charge in [-0.2, -0.15) is 0 Å². The Hall–Kier alpha value is -3.61. The highest BCUT2D eigenvalue weighted by atomic mass is 16.6. The molecule has 0 aliphatic carbocycles. The van der Waals surface area contributed by atoms with Gasteiger partial charge in [0.05, 0.1) is 21.9 Å². The summed E-state index contributed by atoms with van der Waals surface area (Å²) in [5, 5.41) is 17.2. The average Bonchev–Trinajstić information content (AvgIpc) is 3.12. The van der Waals surface area contributed by atoms with Crippen LogP contribution in [0.15, 0.2) is 60.8 Å². The summed E-state index contributed by atoms with van der Waals surface area (Å²) in [5.41, 5.74) is 4.09. The molecule has 2 heterocycles. The maximum atomic E-state index is 12.5. The van der Waals surface area contributed by atoms with Crippen molar-refractivity contribution in [3.05, 3.63) is 87.7 Å². The van der Waals surface area contributed by atoms with Crippen LogP contribution in [0, 0.1) is 17.0 Å². The number of benzene rings is 2. The van der Waals surface area contributed by atoms with Gasteiger partial charge in [-0.1, -0.05) is 12.1 Å². The molecule has 0 unspecified atom stereocenters.